The van der Waals surface area contributed by atoms with Gasteiger partial charge in [-0.25, -0.2) is 0 Å². The summed E-state index contributed by atoms with van der Waals surface area (Å²) in [7, 11) is 5.38. The molecule has 2 heterocycles. The predicted octanol–water partition coefficient (Wildman–Crippen LogP) is 15.5. The van der Waals surface area contributed by atoms with Crippen LogP contribution < -0.4 is 10.6 Å². The Hall–Kier alpha value is -3.29. The zero-order valence-corrected chi connectivity index (χ0v) is 36.9. The van der Waals surface area contributed by atoms with E-state index in [9.17, 15) is 0 Å². The smallest absolute Gasteiger partial charge is 0.0598 e. The summed E-state index contributed by atoms with van der Waals surface area (Å²) >= 11 is 1.88. The molecule has 4 aromatic rings. The summed E-state index contributed by atoms with van der Waals surface area (Å²) in [5.74, 6) is 0. The first-order chi connectivity index (χ1) is 26.1. The Morgan fingerprint density at radius 3 is 2.22 bits per heavy atom. The lowest BCUT2D eigenvalue weighted by atomic mass is 9.90. The van der Waals surface area contributed by atoms with Crippen LogP contribution >= 0.6 is 42.8 Å². The molecular weight excluding hydrogens is 733 g/mol. The van der Waals surface area contributed by atoms with E-state index in [1.807, 2.05) is 11.3 Å². The minimum Gasteiger partial charge on any atom is -0.398 e. The zero-order valence-electron chi connectivity index (χ0n) is 33.6. The maximum Gasteiger partial charge on any atom is 0.0598 e. The summed E-state index contributed by atoms with van der Waals surface area (Å²) in [6.45, 7) is 19.9. The Morgan fingerprint density at radius 2 is 1.54 bits per heavy atom. The largest absolute Gasteiger partial charge is 0.398 e. The van der Waals surface area contributed by atoms with Crippen molar-refractivity contribution in [1.82, 2.24) is 0 Å². The van der Waals surface area contributed by atoms with Crippen molar-refractivity contribution < 1.29 is 0 Å². The van der Waals surface area contributed by atoms with E-state index in [2.05, 4.69) is 151 Å². The second-order valence-electron chi connectivity index (χ2n) is 14.4. The highest BCUT2D eigenvalue weighted by molar-refractivity contribution is 9.09. The number of hydrogen-bond acceptors (Lipinski definition) is 6. The van der Waals surface area contributed by atoms with Crippen LogP contribution in [-0.2, 0) is 25.7 Å². The Balaban J connectivity index is 1.44. The second-order valence-corrected chi connectivity index (χ2v) is 19.5. The van der Waals surface area contributed by atoms with Crippen molar-refractivity contribution in [1.29, 1.82) is 0 Å². The highest BCUT2D eigenvalue weighted by Gasteiger charge is 2.22. The number of rotatable bonds is 16. The molecule has 0 spiro atoms. The van der Waals surface area contributed by atoms with Crippen molar-refractivity contribution in [3.63, 3.8) is 0 Å². The molecule has 0 aliphatic carbocycles. The lowest BCUT2D eigenvalue weighted by Crippen LogP contribution is -2.12. The number of aryl methyl sites for hydroxylation is 4. The summed E-state index contributed by atoms with van der Waals surface area (Å²) in [5, 5.41) is 2.35. The fraction of sp³-hybridized carbons (Fsp3) is 0.333. The van der Waals surface area contributed by atoms with E-state index in [0.29, 0.717) is 0 Å². The number of unbranched alkanes of at least 4 members (excludes halogenated alkanes) is 1. The van der Waals surface area contributed by atoms with E-state index in [4.69, 9.17) is 5.73 Å². The van der Waals surface area contributed by atoms with Crippen LogP contribution in [0.2, 0.25) is 0 Å². The Kier molecular flexibility index (Phi) is 15.5. The quantitative estimate of drug-likeness (QED) is 0.0694. The van der Waals surface area contributed by atoms with Gasteiger partial charge in [0.15, 0.2) is 0 Å². The van der Waals surface area contributed by atoms with Crippen molar-refractivity contribution in [2.24, 2.45) is 5.73 Å². The monoisotopic (exact) mass is 790 g/mol. The molecule has 2 nitrogen and oxygen atoms in total. The molecule has 54 heavy (non-hydrogen) atoms. The minimum atomic E-state index is 0.898. The fourth-order valence-electron chi connectivity index (χ4n) is 7.26. The van der Waals surface area contributed by atoms with Crippen LogP contribution in [-0.4, -0.2) is 6.26 Å². The number of fused-ring (bicyclic) bond motifs is 1. The van der Waals surface area contributed by atoms with Gasteiger partial charge in [-0.15, -0.1) is 11.3 Å². The molecule has 1 aliphatic heterocycles. The van der Waals surface area contributed by atoms with Crippen molar-refractivity contribution in [2.75, 3.05) is 11.2 Å². The van der Waals surface area contributed by atoms with Crippen LogP contribution in [0.5, 0.6) is 0 Å². The van der Waals surface area contributed by atoms with Gasteiger partial charge in [0, 0.05) is 32.6 Å². The van der Waals surface area contributed by atoms with Gasteiger partial charge in [0.1, 0.15) is 0 Å². The Morgan fingerprint density at radius 1 is 0.852 bits per heavy atom. The van der Waals surface area contributed by atoms with Crippen LogP contribution in [0, 0.1) is 6.92 Å². The molecule has 0 fully saturated rings. The maximum absolute atomic E-state index is 6.66. The second kappa shape index (κ2) is 20.0. The molecule has 0 amide bonds. The molecule has 2 N–H and O–H groups in total. The van der Waals surface area contributed by atoms with E-state index >= 15 is 0 Å². The van der Waals surface area contributed by atoms with E-state index in [0.717, 1.165) is 68.2 Å². The van der Waals surface area contributed by atoms with Gasteiger partial charge >= 0.3 is 0 Å². The summed E-state index contributed by atoms with van der Waals surface area (Å²) in [6.07, 6.45) is 19.7. The predicted molar refractivity (Wildman–Crippen MR) is 249 cm³/mol. The molecule has 0 saturated heterocycles. The number of thiophene rings is 1. The average Bonchev–Trinajstić information content (AvgIpc) is 3.55. The first-order valence-corrected chi connectivity index (χ1v) is 24.2. The molecule has 1 aliphatic rings. The topological polar surface area (TPSA) is 29.3 Å². The van der Waals surface area contributed by atoms with E-state index in [-0.39, 0.29) is 0 Å². The normalized spacial score (nSPS) is 15.3. The first kappa shape index (κ1) is 41.9. The number of benzene rings is 3. The first-order valence-electron chi connectivity index (χ1n) is 19.4. The Bertz CT molecular complexity index is 2080. The number of hydrogen-bond donors (Lipinski definition) is 1. The van der Waals surface area contributed by atoms with Crippen molar-refractivity contribution >= 4 is 65.3 Å². The SMILES string of the molecule is C=C1/C=C(C)\C=C/N(c2csc(-c3cc(CCC)ccc3CCCCc3ccc(CCC)cc3/C(C)=C(N)/C(C)=C\C)c2C)c2ccc(SSSC)cc21. The van der Waals surface area contributed by atoms with Gasteiger partial charge < -0.3 is 10.6 Å². The van der Waals surface area contributed by atoms with Gasteiger partial charge in [-0.3, -0.25) is 0 Å². The lowest BCUT2D eigenvalue weighted by Gasteiger charge is -2.26. The molecule has 284 valence electrons. The van der Waals surface area contributed by atoms with E-state index in [1.165, 1.54) is 76.8 Å². The Labute approximate surface area is 342 Å². The molecule has 0 unspecified atom stereocenters. The third-order valence-electron chi connectivity index (χ3n) is 10.4. The number of nitrogens with two attached hydrogens (primary N) is 1. The van der Waals surface area contributed by atoms with Crippen LogP contribution in [0.15, 0.2) is 113 Å². The standard InChI is InChI=1S/C48H58N2S4/c1-10-15-37-19-21-39(43(28-37)35(7)47(49)33(5)12-3)17-13-14-18-40-22-20-38(16-11-2)29-44(40)48-36(8)46(31-52-48)50-26-25-32(4)27-34(6)42-30-41(53-54-51-9)23-24-45(42)50/h12,19-31H,6,10-11,13-18,49H2,1-5,7-9H3/b26-25-,32-27-,33-12-,47-35-. The molecule has 1 aromatic heterocycles. The molecule has 0 bridgehead atoms. The third kappa shape index (κ3) is 10.1. The van der Waals surface area contributed by atoms with Gasteiger partial charge in [0.05, 0.1) is 11.4 Å². The average molecular weight is 791 g/mol. The third-order valence-corrected chi connectivity index (χ3v) is 15.2. The molecule has 0 saturated carbocycles. The molecule has 0 radical (unpaired) electrons. The van der Waals surface area contributed by atoms with E-state index in [1.54, 1.807) is 31.4 Å². The molecule has 0 atom stereocenters. The zero-order chi connectivity index (χ0) is 38.8. The lowest BCUT2D eigenvalue weighted by molar-refractivity contribution is 0.733. The van der Waals surface area contributed by atoms with Gasteiger partial charge in [0.25, 0.3) is 0 Å². The minimum absolute atomic E-state index is 0.898. The van der Waals surface area contributed by atoms with Crippen molar-refractivity contribution in [2.45, 2.75) is 105 Å². The van der Waals surface area contributed by atoms with Crippen molar-refractivity contribution in [3.05, 3.63) is 147 Å². The molecule has 3 aromatic carbocycles. The summed E-state index contributed by atoms with van der Waals surface area (Å²) in [5.41, 5.74) is 25.4. The number of nitrogens with zero attached hydrogens (tertiary/aromatic N) is 1. The van der Waals surface area contributed by atoms with Crippen LogP contribution in [0.4, 0.5) is 11.4 Å². The van der Waals surface area contributed by atoms with Gasteiger partial charge in [-0.1, -0.05) is 92.6 Å². The summed E-state index contributed by atoms with van der Waals surface area (Å²) in [6, 6.07) is 21.1. The number of anilines is 2. The van der Waals surface area contributed by atoms with Crippen LogP contribution in [0.25, 0.3) is 21.6 Å². The van der Waals surface area contributed by atoms with Crippen LogP contribution in [0.3, 0.4) is 0 Å². The van der Waals surface area contributed by atoms with Gasteiger partial charge in [0.2, 0.25) is 0 Å². The molecule has 6 heteroatoms. The van der Waals surface area contributed by atoms with Crippen molar-refractivity contribution in [3.8, 4) is 10.4 Å². The highest BCUT2D eigenvalue weighted by atomic mass is 33.5. The molecule has 5 rings (SSSR count). The summed E-state index contributed by atoms with van der Waals surface area (Å²) in [4.78, 5) is 4.99. The molecular formula is C48H58N2S4. The van der Waals surface area contributed by atoms with Gasteiger partial charge in [-0.05, 0) is 186 Å². The number of allylic oxidation sites excluding steroid dienone is 7. The maximum atomic E-state index is 6.66. The summed E-state index contributed by atoms with van der Waals surface area (Å²) < 4.78 is 0. The van der Waals surface area contributed by atoms with E-state index < -0.39 is 0 Å². The fourth-order valence-corrected chi connectivity index (χ4v) is 10.9. The van der Waals surface area contributed by atoms with Crippen LogP contribution in [0.1, 0.15) is 106 Å². The van der Waals surface area contributed by atoms with Gasteiger partial charge in [-0.2, -0.15) is 0 Å². The highest BCUT2D eigenvalue weighted by Crippen LogP contribution is 2.46.